The van der Waals surface area contributed by atoms with E-state index in [1.54, 1.807) is 13.8 Å². The molecular weight excluding hydrogens is 281 g/mol. The van der Waals surface area contributed by atoms with Crippen LogP contribution in [-0.4, -0.2) is 19.0 Å². The van der Waals surface area contributed by atoms with Crippen molar-refractivity contribution in [2.45, 2.75) is 38.3 Å². The van der Waals surface area contributed by atoms with Crippen molar-refractivity contribution < 1.29 is 18.0 Å². The number of carbonyl (C=O) groups is 1. The van der Waals surface area contributed by atoms with Gasteiger partial charge in [-0.3, -0.25) is 4.79 Å². The number of carbonyl (C=O) groups excluding carboxylic acids is 1. The van der Waals surface area contributed by atoms with Gasteiger partial charge in [0.15, 0.2) is 0 Å². The lowest BCUT2D eigenvalue weighted by Crippen LogP contribution is -2.40. The molecule has 3 N–H and O–H groups in total. The predicted molar refractivity (Wildman–Crippen MR) is 75.8 cm³/mol. The maximum absolute atomic E-state index is 12.7. The molecule has 0 unspecified atom stereocenters. The Bertz CT molecular complexity index is 484. The normalized spacial score (nSPS) is 12.3. The SMILES string of the molecule is CC(C)(C(=O)NCCCCN)c1cccc(C(F)(F)F)c1. The molecule has 0 aromatic heterocycles. The molecule has 1 aromatic rings. The Morgan fingerprint density at radius 2 is 1.81 bits per heavy atom. The number of hydrogen-bond acceptors (Lipinski definition) is 2. The quantitative estimate of drug-likeness (QED) is 0.794. The second-order valence-electron chi connectivity index (χ2n) is 5.46. The van der Waals surface area contributed by atoms with Crippen LogP contribution >= 0.6 is 0 Å². The summed E-state index contributed by atoms with van der Waals surface area (Å²) in [6, 6.07) is 4.88. The van der Waals surface area contributed by atoms with Crippen molar-refractivity contribution in [3.63, 3.8) is 0 Å². The topological polar surface area (TPSA) is 55.1 Å². The third-order valence-corrected chi connectivity index (χ3v) is 3.40. The van der Waals surface area contributed by atoms with Crippen molar-refractivity contribution in [3.8, 4) is 0 Å². The number of halogens is 3. The van der Waals surface area contributed by atoms with E-state index in [9.17, 15) is 18.0 Å². The van der Waals surface area contributed by atoms with E-state index in [0.29, 0.717) is 18.7 Å². The molecule has 0 aliphatic rings. The molecule has 3 nitrogen and oxygen atoms in total. The Balaban J connectivity index is 2.84. The van der Waals surface area contributed by atoms with Crippen LogP contribution in [0.4, 0.5) is 13.2 Å². The summed E-state index contributed by atoms with van der Waals surface area (Å²) in [6.07, 6.45) is -2.87. The van der Waals surface area contributed by atoms with Crippen LogP contribution in [-0.2, 0) is 16.4 Å². The monoisotopic (exact) mass is 302 g/mol. The maximum atomic E-state index is 12.7. The number of amides is 1. The van der Waals surface area contributed by atoms with Crippen molar-refractivity contribution >= 4 is 5.91 Å². The second kappa shape index (κ2) is 6.93. The zero-order valence-corrected chi connectivity index (χ0v) is 12.3. The Kier molecular flexibility index (Phi) is 5.78. The lowest BCUT2D eigenvalue weighted by atomic mass is 9.83. The van der Waals surface area contributed by atoms with Gasteiger partial charge in [0, 0.05) is 6.54 Å². The van der Waals surface area contributed by atoms with E-state index in [2.05, 4.69) is 5.32 Å². The minimum absolute atomic E-state index is 0.293. The smallest absolute Gasteiger partial charge is 0.355 e. The van der Waals surface area contributed by atoms with Crippen LogP contribution < -0.4 is 11.1 Å². The number of alkyl halides is 3. The molecule has 6 heteroatoms. The van der Waals surface area contributed by atoms with E-state index in [0.717, 1.165) is 25.0 Å². The Labute approximate surface area is 122 Å². The zero-order chi connectivity index (χ0) is 16.1. The summed E-state index contributed by atoms with van der Waals surface area (Å²) in [7, 11) is 0. The van der Waals surface area contributed by atoms with Gasteiger partial charge in [-0.15, -0.1) is 0 Å². The van der Waals surface area contributed by atoms with E-state index in [-0.39, 0.29) is 5.91 Å². The molecule has 118 valence electrons. The molecule has 0 radical (unpaired) electrons. The first-order valence-electron chi connectivity index (χ1n) is 6.85. The van der Waals surface area contributed by atoms with Gasteiger partial charge in [0.1, 0.15) is 0 Å². The first kappa shape index (κ1) is 17.5. The van der Waals surface area contributed by atoms with Gasteiger partial charge >= 0.3 is 6.18 Å². The van der Waals surface area contributed by atoms with Crippen LogP contribution in [0.15, 0.2) is 24.3 Å². The molecular formula is C15H21F3N2O. The Morgan fingerprint density at radius 3 is 2.38 bits per heavy atom. The van der Waals surface area contributed by atoms with Gasteiger partial charge in [-0.2, -0.15) is 13.2 Å². The van der Waals surface area contributed by atoms with Gasteiger partial charge in [0.05, 0.1) is 11.0 Å². The average Bonchev–Trinajstić information content (AvgIpc) is 2.42. The average molecular weight is 302 g/mol. The van der Waals surface area contributed by atoms with Gasteiger partial charge in [0.2, 0.25) is 5.91 Å². The number of nitrogens with two attached hydrogens (primary N) is 1. The molecule has 0 spiro atoms. The molecule has 21 heavy (non-hydrogen) atoms. The summed E-state index contributed by atoms with van der Waals surface area (Å²) in [5.41, 5.74) is 3.93. The molecule has 1 amide bonds. The van der Waals surface area contributed by atoms with Crippen LogP contribution in [0, 0.1) is 0 Å². The highest BCUT2D eigenvalue weighted by Crippen LogP contribution is 2.32. The number of benzene rings is 1. The number of rotatable bonds is 6. The highest BCUT2D eigenvalue weighted by atomic mass is 19.4. The fraction of sp³-hybridized carbons (Fsp3) is 0.533. The van der Waals surface area contributed by atoms with Crippen molar-refractivity contribution in [2.24, 2.45) is 5.73 Å². The van der Waals surface area contributed by atoms with Crippen LogP contribution in [0.3, 0.4) is 0 Å². The number of hydrogen-bond donors (Lipinski definition) is 2. The molecule has 0 bridgehead atoms. The first-order valence-corrected chi connectivity index (χ1v) is 6.85. The van der Waals surface area contributed by atoms with Crippen molar-refractivity contribution in [2.75, 3.05) is 13.1 Å². The number of nitrogens with one attached hydrogen (secondary N) is 1. The molecule has 0 aliphatic carbocycles. The van der Waals surface area contributed by atoms with Gasteiger partial charge < -0.3 is 11.1 Å². The summed E-state index contributed by atoms with van der Waals surface area (Å²) in [5.74, 6) is -0.293. The van der Waals surface area contributed by atoms with E-state index in [1.807, 2.05) is 0 Å². The Morgan fingerprint density at radius 1 is 1.19 bits per heavy atom. The maximum Gasteiger partial charge on any atom is 0.416 e. The Hall–Kier alpha value is -1.56. The van der Waals surface area contributed by atoms with Crippen molar-refractivity contribution in [1.82, 2.24) is 5.32 Å². The highest BCUT2D eigenvalue weighted by molar-refractivity contribution is 5.87. The summed E-state index contributed by atoms with van der Waals surface area (Å²) in [5, 5.41) is 2.74. The summed E-state index contributed by atoms with van der Waals surface area (Å²) >= 11 is 0. The zero-order valence-electron chi connectivity index (χ0n) is 12.3. The molecule has 1 rings (SSSR count). The van der Waals surface area contributed by atoms with Gasteiger partial charge in [-0.25, -0.2) is 0 Å². The second-order valence-corrected chi connectivity index (χ2v) is 5.46. The minimum atomic E-state index is -4.41. The van der Waals surface area contributed by atoms with E-state index >= 15 is 0 Å². The predicted octanol–water partition coefficient (Wildman–Crippen LogP) is 2.84. The third-order valence-electron chi connectivity index (χ3n) is 3.40. The first-order chi connectivity index (χ1) is 9.69. The molecule has 0 saturated heterocycles. The molecule has 1 aromatic carbocycles. The lowest BCUT2D eigenvalue weighted by molar-refractivity contribution is -0.137. The van der Waals surface area contributed by atoms with Crippen molar-refractivity contribution in [3.05, 3.63) is 35.4 Å². The third kappa shape index (κ3) is 4.74. The highest BCUT2D eigenvalue weighted by Gasteiger charge is 2.34. The molecule has 0 fully saturated rings. The fourth-order valence-electron chi connectivity index (χ4n) is 1.91. The van der Waals surface area contributed by atoms with Crippen LogP contribution in [0.5, 0.6) is 0 Å². The van der Waals surface area contributed by atoms with Crippen LogP contribution in [0.25, 0.3) is 0 Å². The summed E-state index contributed by atoms with van der Waals surface area (Å²) in [4.78, 5) is 12.2. The lowest BCUT2D eigenvalue weighted by Gasteiger charge is -2.25. The van der Waals surface area contributed by atoms with Gasteiger partial charge in [-0.1, -0.05) is 18.2 Å². The summed E-state index contributed by atoms with van der Waals surface area (Å²) in [6.45, 7) is 4.24. The molecule has 0 atom stereocenters. The standard InChI is InChI=1S/C15H21F3N2O/c1-14(2,13(21)20-9-4-3-8-19)11-6-5-7-12(10-11)15(16,17)18/h5-7,10H,3-4,8-9,19H2,1-2H3,(H,20,21). The molecule has 0 saturated carbocycles. The molecule has 0 heterocycles. The van der Waals surface area contributed by atoms with E-state index in [1.165, 1.54) is 12.1 Å². The molecule has 0 aliphatic heterocycles. The van der Waals surface area contributed by atoms with E-state index < -0.39 is 17.2 Å². The van der Waals surface area contributed by atoms with Gasteiger partial charge in [-0.05, 0) is 44.9 Å². The number of unbranched alkanes of at least 4 members (excludes halogenated alkanes) is 1. The van der Waals surface area contributed by atoms with Gasteiger partial charge in [0.25, 0.3) is 0 Å². The van der Waals surface area contributed by atoms with Crippen molar-refractivity contribution in [1.29, 1.82) is 0 Å². The minimum Gasteiger partial charge on any atom is -0.355 e. The van der Waals surface area contributed by atoms with E-state index in [4.69, 9.17) is 5.73 Å². The van der Waals surface area contributed by atoms with Crippen LogP contribution in [0.1, 0.15) is 37.8 Å². The largest absolute Gasteiger partial charge is 0.416 e. The summed E-state index contributed by atoms with van der Waals surface area (Å²) < 4.78 is 38.2. The fourth-order valence-corrected chi connectivity index (χ4v) is 1.91. The van der Waals surface area contributed by atoms with Crippen LogP contribution in [0.2, 0.25) is 0 Å².